The zero-order valence-electron chi connectivity index (χ0n) is 39.5. The highest BCUT2D eigenvalue weighted by Crippen LogP contribution is 2.42. The van der Waals surface area contributed by atoms with Crippen molar-refractivity contribution in [2.75, 3.05) is 9.80 Å². The highest BCUT2D eigenvalue weighted by Gasteiger charge is 2.20. The smallest absolute Gasteiger partial charge is 0.0542 e. The third kappa shape index (κ3) is 7.80. The Morgan fingerprint density at radius 2 is 0.600 bits per heavy atom. The van der Waals surface area contributed by atoms with Crippen molar-refractivity contribution in [3.8, 4) is 11.4 Å². The Balaban J connectivity index is 0.860. The molecule has 0 saturated carbocycles. The largest absolute Gasteiger partial charge is 0.310 e. The first kappa shape index (κ1) is 42.5. The van der Waals surface area contributed by atoms with E-state index in [1.807, 2.05) is 0 Å². The van der Waals surface area contributed by atoms with E-state index in [0.717, 1.165) is 69.5 Å². The van der Waals surface area contributed by atoms with E-state index in [1.54, 1.807) is 0 Å². The van der Waals surface area contributed by atoms with Gasteiger partial charge in [-0.25, -0.2) is 0 Å². The van der Waals surface area contributed by atoms with Gasteiger partial charge in [-0.3, -0.25) is 0 Å². The van der Waals surface area contributed by atoms with Crippen LogP contribution in [0.1, 0.15) is 36.1 Å². The van der Waals surface area contributed by atoms with Gasteiger partial charge in [0.1, 0.15) is 0 Å². The van der Waals surface area contributed by atoms with Crippen LogP contribution < -0.4 is 9.80 Å². The molecule has 2 heterocycles. The predicted molar refractivity (Wildman–Crippen MR) is 299 cm³/mol. The molecule has 0 aliphatic rings. The summed E-state index contributed by atoms with van der Waals surface area (Å²) >= 11 is 0. The van der Waals surface area contributed by atoms with Crippen molar-refractivity contribution >= 4 is 89.9 Å². The second-order valence-electron chi connectivity index (χ2n) is 18.0. The summed E-state index contributed by atoms with van der Waals surface area (Å²) in [6, 6.07) is 88.2. The summed E-state index contributed by atoms with van der Waals surface area (Å²) < 4.78 is 4.78. The molecular formula is C66H52N4. The van der Waals surface area contributed by atoms with Crippen molar-refractivity contribution in [3.63, 3.8) is 0 Å². The van der Waals surface area contributed by atoms with Crippen molar-refractivity contribution in [2.24, 2.45) is 0 Å². The summed E-state index contributed by atoms with van der Waals surface area (Å²) in [5.41, 5.74) is 18.7. The fourth-order valence-electron chi connectivity index (χ4n) is 10.3. The van der Waals surface area contributed by atoms with Gasteiger partial charge in [0.2, 0.25) is 0 Å². The minimum absolute atomic E-state index is 0.990. The molecule has 0 atom stereocenters. The summed E-state index contributed by atoms with van der Waals surface area (Å²) in [4.78, 5) is 4.72. The summed E-state index contributed by atoms with van der Waals surface area (Å²) in [5.74, 6) is 0. The maximum Gasteiger partial charge on any atom is 0.0542 e. The minimum Gasteiger partial charge on any atom is -0.310 e. The molecule has 0 aliphatic heterocycles. The molecule has 0 fully saturated rings. The first-order chi connectivity index (χ1) is 34.6. The summed E-state index contributed by atoms with van der Waals surface area (Å²) in [6.45, 7) is 4.45. The van der Waals surface area contributed by atoms with Crippen LogP contribution in [-0.2, 0) is 12.8 Å². The Morgan fingerprint density at radius 1 is 0.300 bits per heavy atom. The van der Waals surface area contributed by atoms with Gasteiger partial charge in [-0.1, -0.05) is 135 Å². The molecule has 0 amide bonds. The van der Waals surface area contributed by atoms with Gasteiger partial charge in [0.25, 0.3) is 0 Å². The van der Waals surface area contributed by atoms with Crippen molar-refractivity contribution in [1.82, 2.24) is 9.13 Å². The lowest BCUT2D eigenvalue weighted by molar-refractivity contribution is 1.14. The molecule has 12 rings (SSSR count). The van der Waals surface area contributed by atoms with Crippen LogP contribution in [-0.4, -0.2) is 9.13 Å². The second kappa shape index (κ2) is 18.3. The average Bonchev–Trinajstić information content (AvgIpc) is 3.93. The monoisotopic (exact) mass is 900 g/mol. The lowest BCUT2D eigenvalue weighted by atomic mass is 10.1. The van der Waals surface area contributed by atoms with Crippen LogP contribution in [0.3, 0.4) is 0 Å². The Hall–Kier alpha value is -8.86. The molecule has 12 aromatic rings. The minimum atomic E-state index is 0.990. The van der Waals surface area contributed by atoms with E-state index in [0.29, 0.717) is 0 Å². The van der Waals surface area contributed by atoms with Crippen LogP contribution in [0.25, 0.3) is 67.1 Å². The number of hydrogen-bond acceptors (Lipinski definition) is 2. The zero-order valence-corrected chi connectivity index (χ0v) is 39.5. The van der Waals surface area contributed by atoms with Crippen LogP contribution in [0.5, 0.6) is 0 Å². The first-order valence-corrected chi connectivity index (χ1v) is 24.5. The average molecular weight is 901 g/mol. The van der Waals surface area contributed by atoms with Crippen LogP contribution in [0.4, 0.5) is 34.1 Å². The molecule has 0 aliphatic carbocycles. The first-order valence-electron chi connectivity index (χ1n) is 24.5. The second-order valence-corrected chi connectivity index (χ2v) is 18.0. The SMILES string of the molecule is CCc1ccc2c(c1)c1cc(N(c3ccccc3)c3ccc(C=Cc4ccc(N(c5ccccc5)c5ccc6c(c5)c5cc(CC)ccc5n6-c5ccccc5)cc4)cc3)ccc1n2-c1ccccc1. The van der Waals surface area contributed by atoms with Gasteiger partial charge in [0, 0.05) is 67.0 Å². The number of aryl methyl sites for hydroxylation is 2. The van der Waals surface area contributed by atoms with Gasteiger partial charge in [-0.2, -0.15) is 0 Å². The number of nitrogens with zero attached hydrogens (tertiary/aromatic N) is 4. The molecule has 0 saturated heterocycles. The van der Waals surface area contributed by atoms with E-state index in [1.165, 1.54) is 54.7 Å². The van der Waals surface area contributed by atoms with Crippen LogP contribution in [0, 0.1) is 0 Å². The van der Waals surface area contributed by atoms with Gasteiger partial charge in [0.15, 0.2) is 0 Å². The Bertz CT molecular complexity index is 3560. The molecule has 0 spiro atoms. The molecule has 4 nitrogen and oxygen atoms in total. The fourth-order valence-corrected chi connectivity index (χ4v) is 10.3. The molecular weight excluding hydrogens is 849 g/mol. The van der Waals surface area contributed by atoms with Crippen molar-refractivity contribution in [3.05, 3.63) is 265 Å². The van der Waals surface area contributed by atoms with Crippen molar-refractivity contribution < 1.29 is 0 Å². The van der Waals surface area contributed by atoms with E-state index in [2.05, 4.69) is 288 Å². The number of aromatic nitrogens is 2. The number of para-hydroxylation sites is 4. The van der Waals surface area contributed by atoms with E-state index in [4.69, 9.17) is 0 Å². The van der Waals surface area contributed by atoms with Crippen LogP contribution in [0.2, 0.25) is 0 Å². The maximum absolute atomic E-state index is 2.39. The number of benzene rings is 10. The standard InChI is InChI=1S/C66H52N4/c1-3-47-31-39-63-59(43-47)61-45-57(37-41-65(61)69(63)53-21-13-7-14-22-53)67(51-17-9-5-10-18-51)55-33-27-49(28-34-55)25-26-50-29-35-56(36-30-50)68(52-19-11-6-12-20-52)58-38-42-66-62(46-58)60-44-48(4-2)32-40-64(60)70(66)54-23-15-8-16-24-54/h5-46H,3-4H2,1-2H3. The topological polar surface area (TPSA) is 16.3 Å². The molecule has 2 aromatic heterocycles. The van der Waals surface area contributed by atoms with E-state index in [9.17, 15) is 0 Å². The van der Waals surface area contributed by atoms with Gasteiger partial charge in [-0.05, 0) is 169 Å². The highest BCUT2D eigenvalue weighted by atomic mass is 15.1. The molecule has 0 bridgehead atoms. The fraction of sp³-hybridized carbons (Fsp3) is 0.0606. The van der Waals surface area contributed by atoms with E-state index in [-0.39, 0.29) is 0 Å². The molecule has 4 heteroatoms. The summed E-state index contributed by atoms with van der Waals surface area (Å²) in [5, 5.41) is 5.02. The highest BCUT2D eigenvalue weighted by molar-refractivity contribution is 6.12. The quantitative estimate of drug-likeness (QED) is 0.114. The predicted octanol–water partition coefficient (Wildman–Crippen LogP) is 18.1. The van der Waals surface area contributed by atoms with E-state index >= 15 is 0 Å². The van der Waals surface area contributed by atoms with Crippen LogP contribution in [0.15, 0.2) is 243 Å². The van der Waals surface area contributed by atoms with Crippen molar-refractivity contribution in [2.45, 2.75) is 26.7 Å². The summed E-state index contributed by atoms with van der Waals surface area (Å²) in [6.07, 6.45) is 6.39. The maximum atomic E-state index is 2.39. The van der Waals surface area contributed by atoms with Gasteiger partial charge < -0.3 is 18.9 Å². The molecule has 336 valence electrons. The lowest BCUT2D eigenvalue weighted by Crippen LogP contribution is -2.09. The zero-order chi connectivity index (χ0) is 47.0. The van der Waals surface area contributed by atoms with Crippen LogP contribution >= 0.6 is 0 Å². The Labute approximate surface area is 409 Å². The van der Waals surface area contributed by atoms with Gasteiger partial charge in [-0.15, -0.1) is 0 Å². The number of hydrogen-bond donors (Lipinski definition) is 0. The molecule has 10 aromatic carbocycles. The van der Waals surface area contributed by atoms with E-state index < -0.39 is 0 Å². The Kier molecular flexibility index (Phi) is 11.1. The third-order valence-corrected chi connectivity index (χ3v) is 13.8. The molecule has 70 heavy (non-hydrogen) atoms. The van der Waals surface area contributed by atoms with Gasteiger partial charge >= 0.3 is 0 Å². The summed E-state index contributed by atoms with van der Waals surface area (Å²) in [7, 11) is 0. The molecule has 0 N–H and O–H groups in total. The molecule has 0 radical (unpaired) electrons. The third-order valence-electron chi connectivity index (χ3n) is 13.8. The van der Waals surface area contributed by atoms with Gasteiger partial charge in [0.05, 0.1) is 22.1 Å². The van der Waals surface area contributed by atoms with Crippen molar-refractivity contribution in [1.29, 1.82) is 0 Å². The number of fused-ring (bicyclic) bond motifs is 6. The Morgan fingerprint density at radius 3 is 0.957 bits per heavy atom. The number of rotatable bonds is 12. The molecule has 0 unspecified atom stereocenters. The normalized spacial score (nSPS) is 11.6. The number of anilines is 6. The lowest BCUT2D eigenvalue weighted by Gasteiger charge is -2.26.